The molecule has 110 valence electrons. The van der Waals surface area contributed by atoms with Crippen LogP contribution in [0.3, 0.4) is 0 Å². The molecule has 0 saturated heterocycles. The lowest BCUT2D eigenvalue weighted by Crippen LogP contribution is -1.95. The number of hydrogen-bond acceptors (Lipinski definition) is 3. The number of phenolic OH excluding ortho intramolecular Hbond substituents is 1. The van der Waals surface area contributed by atoms with Crippen LogP contribution < -0.4 is 4.74 Å². The zero-order valence-corrected chi connectivity index (χ0v) is 12.1. The van der Waals surface area contributed by atoms with Crippen molar-refractivity contribution >= 4 is 6.21 Å². The number of halogens is 1. The zero-order valence-electron chi connectivity index (χ0n) is 12.1. The van der Waals surface area contributed by atoms with Crippen molar-refractivity contribution in [3.8, 4) is 11.5 Å². The Morgan fingerprint density at radius 1 is 1.24 bits per heavy atom. The van der Waals surface area contributed by atoms with Crippen LogP contribution in [0.25, 0.3) is 0 Å². The molecular formula is C17H18FNO2. The summed E-state index contributed by atoms with van der Waals surface area (Å²) in [5, 5.41) is 10.1. The minimum atomic E-state index is -0.267. The molecule has 0 unspecified atom stereocenters. The summed E-state index contributed by atoms with van der Waals surface area (Å²) < 4.78 is 18.2. The number of aromatic hydroxyl groups is 1. The van der Waals surface area contributed by atoms with Gasteiger partial charge < -0.3 is 9.84 Å². The summed E-state index contributed by atoms with van der Waals surface area (Å²) in [4.78, 5) is 4.39. The normalized spacial score (nSPS) is 12.5. The molecule has 0 radical (unpaired) electrons. The minimum absolute atomic E-state index is 0.0782. The van der Waals surface area contributed by atoms with E-state index in [1.807, 2.05) is 13.8 Å². The van der Waals surface area contributed by atoms with Gasteiger partial charge in [0.1, 0.15) is 5.82 Å². The van der Waals surface area contributed by atoms with Gasteiger partial charge in [0, 0.05) is 11.8 Å². The van der Waals surface area contributed by atoms with E-state index in [0.29, 0.717) is 17.9 Å². The van der Waals surface area contributed by atoms with E-state index < -0.39 is 0 Å². The van der Waals surface area contributed by atoms with E-state index in [4.69, 9.17) is 4.74 Å². The van der Waals surface area contributed by atoms with E-state index in [-0.39, 0.29) is 17.6 Å². The first kappa shape index (κ1) is 15.0. The first-order valence-corrected chi connectivity index (χ1v) is 6.85. The molecule has 0 aromatic heterocycles. The third kappa shape index (κ3) is 3.81. The number of phenols is 1. The molecule has 2 rings (SSSR count). The first-order valence-electron chi connectivity index (χ1n) is 6.85. The van der Waals surface area contributed by atoms with Crippen molar-refractivity contribution in [2.45, 2.75) is 19.9 Å². The van der Waals surface area contributed by atoms with Crippen LogP contribution >= 0.6 is 0 Å². The monoisotopic (exact) mass is 287 g/mol. The van der Waals surface area contributed by atoms with Gasteiger partial charge in [-0.25, -0.2) is 4.39 Å². The highest BCUT2D eigenvalue weighted by atomic mass is 19.1. The van der Waals surface area contributed by atoms with Crippen molar-refractivity contribution in [3.05, 3.63) is 59.4 Å². The van der Waals surface area contributed by atoms with Gasteiger partial charge in [0.15, 0.2) is 11.5 Å². The fraction of sp³-hybridized carbons (Fsp3) is 0.235. The third-order valence-electron chi connectivity index (χ3n) is 3.12. The van der Waals surface area contributed by atoms with E-state index in [1.54, 1.807) is 36.5 Å². The summed E-state index contributed by atoms with van der Waals surface area (Å²) in [7, 11) is 0. The summed E-state index contributed by atoms with van der Waals surface area (Å²) in [6.07, 6.45) is 1.60. The number of rotatable bonds is 5. The van der Waals surface area contributed by atoms with Crippen molar-refractivity contribution in [1.82, 2.24) is 0 Å². The molecule has 3 nitrogen and oxygen atoms in total. The third-order valence-corrected chi connectivity index (χ3v) is 3.12. The van der Waals surface area contributed by atoms with Crippen molar-refractivity contribution < 1.29 is 14.2 Å². The van der Waals surface area contributed by atoms with Crippen LogP contribution in [0, 0.1) is 5.82 Å². The zero-order chi connectivity index (χ0) is 15.2. The van der Waals surface area contributed by atoms with Crippen LogP contribution in [-0.4, -0.2) is 17.9 Å². The van der Waals surface area contributed by atoms with Crippen molar-refractivity contribution in [1.29, 1.82) is 0 Å². The highest BCUT2D eigenvalue weighted by molar-refractivity contribution is 5.84. The van der Waals surface area contributed by atoms with Crippen molar-refractivity contribution in [2.75, 3.05) is 6.61 Å². The molecule has 2 aromatic carbocycles. The molecule has 1 atom stereocenters. The smallest absolute Gasteiger partial charge is 0.166 e. The van der Waals surface area contributed by atoms with E-state index >= 15 is 0 Å². The molecule has 0 fully saturated rings. The average Bonchev–Trinajstić information content (AvgIpc) is 2.49. The summed E-state index contributed by atoms with van der Waals surface area (Å²) >= 11 is 0. The van der Waals surface area contributed by atoms with Gasteiger partial charge in [-0.2, -0.15) is 0 Å². The molecule has 0 heterocycles. The predicted octanol–water partition coefficient (Wildman–Crippen LogP) is 4.11. The highest BCUT2D eigenvalue weighted by Gasteiger charge is 2.07. The maximum atomic E-state index is 12.9. The number of benzene rings is 2. The van der Waals surface area contributed by atoms with Crippen LogP contribution in [0.5, 0.6) is 11.5 Å². The SMILES string of the molecule is CCOc1cccc(C=N[C@@H](C)c2ccc(F)cc2)c1O. The first-order chi connectivity index (χ1) is 10.1. The number of nitrogens with zero attached hydrogens (tertiary/aromatic N) is 1. The van der Waals surface area contributed by atoms with Crippen molar-refractivity contribution in [3.63, 3.8) is 0 Å². The Balaban J connectivity index is 2.17. The number of hydrogen-bond donors (Lipinski definition) is 1. The minimum Gasteiger partial charge on any atom is -0.504 e. The van der Waals surface area contributed by atoms with Gasteiger partial charge in [0.05, 0.1) is 12.6 Å². The van der Waals surface area contributed by atoms with Gasteiger partial charge >= 0.3 is 0 Å². The van der Waals surface area contributed by atoms with Crippen LogP contribution in [0.4, 0.5) is 4.39 Å². The summed E-state index contributed by atoms with van der Waals surface area (Å²) in [6, 6.07) is 11.4. The fourth-order valence-electron chi connectivity index (χ4n) is 1.93. The second kappa shape index (κ2) is 6.88. The molecule has 0 saturated carbocycles. The van der Waals surface area contributed by atoms with Gasteiger partial charge in [-0.15, -0.1) is 0 Å². The van der Waals surface area contributed by atoms with E-state index in [2.05, 4.69) is 4.99 Å². The number of ether oxygens (including phenoxy) is 1. The lowest BCUT2D eigenvalue weighted by molar-refractivity contribution is 0.318. The van der Waals surface area contributed by atoms with Crippen LogP contribution in [0.15, 0.2) is 47.5 Å². The number of aliphatic imine (C=N–C) groups is 1. The molecule has 21 heavy (non-hydrogen) atoms. The van der Waals surface area contributed by atoms with E-state index in [1.165, 1.54) is 12.1 Å². The lowest BCUT2D eigenvalue weighted by Gasteiger charge is -2.09. The standard InChI is InChI=1S/C17H18FNO2/c1-3-21-16-6-4-5-14(17(16)20)11-19-12(2)13-7-9-15(18)10-8-13/h4-12,20H,3H2,1-2H3/t12-/m0/s1. The molecule has 0 spiro atoms. The maximum absolute atomic E-state index is 12.9. The van der Waals surface area contributed by atoms with Gasteiger partial charge in [-0.1, -0.05) is 18.2 Å². The average molecular weight is 287 g/mol. The maximum Gasteiger partial charge on any atom is 0.166 e. The van der Waals surface area contributed by atoms with E-state index in [9.17, 15) is 9.50 Å². The molecule has 2 aromatic rings. The Labute approximate surface area is 123 Å². The molecule has 1 N–H and O–H groups in total. The Morgan fingerprint density at radius 3 is 2.62 bits per heavy atom. The van der Waals surface area contributed by atoms with Crippen LogP contribution in [0.1, 0.15) is 31.0 Å². The van der Waals surface area contributed by atoms with Gasteiger partial charge in [0.2, 0.25) is 0 Å². The number of para-hydroxylation sites is 1. The Bertz CT molecular complexity index is 623. The topological polar surface area (TPSA) is 41.8 Å². The Morgan fingerprint density at radius 2 is 1.95 bits per heavy atom. The molecule has 0 aliphatic heterocycles. The Kier molecular flexibility index (Phi) is 4.93. The van der Waals surface area contributed by atoms with Gasteiger partial charge in [0.25, 0.3) is 0 Å². The second-order valence-electron chi connectivity index (χ2n) is 4.63. The largest absolute Gasteiger partial charge is 0.504 e. The van der Waals surface area contributed by atoms with Crippen molar-refractivity contribution in [2.24, 2.45) is 4.99 Å². The van der Waals surface area contributed by atoms with Gasteiger partial charge in [-0.3, -0.25) is 4.99 Å². The highest BCUT2D eigenvalue weighted by Crippen LogP contribution is 2.29. The molecule has 0 aliphatic carbocycles. The van der Waals surface area contributed by atoms with Crippen LogP contribution in [0.2, 0.25) is 0 Å². The fourth-order valence-corrected chi connectivity index (χ4v) is 1.93. The molecule has 4 heteroatoms. The molecule has 0 amide bonds. The summed E-state index contributed by atoms with van der Waals surface area (Å²) in [5.74, 6) is 0.252. The molecule has 0 bridgehead atoms. The van der Waals surface area contributed by atoms with Crippen LogP contribution in [-0.2, 0) is 0 Å². The van der Waals surface area contributed by atoms with E-state index in [0.717, 1.165) is 5.56 Å². The molecule has 0 aliphatic rings. The summed E-state index contributed by atoms with van der Waals surface area (Å²) in [5.41, 5.74) is 1.50. The molecular weight excluding hydrogens is 269 g/mol. The second-order valence-corrected chi connectivity index (χ2v) is 4.63. The van der Waals surface area contributed by atoms with Gasteiger partial charge in [-0.05, 0) is 43.7 Å². The lowest BCUT2D eigenvalue weighted by atomic mass is 10.1. The summed E-state index contributed by atoms with van der Waals surface area (Å²) in [6.45, 7) is 4.25. The predicted molar refractivity (Wildman–Crippen MR) is 81.7 cm³/mol. The quantitative estimate of drug-likeness (QED) is 0.841. The Hall–Kier alpha value is -2.36.